The third-order valence-electron chi connectivity index (χ3n) is 2.72. The van der Waals surface area contributed by atoms with Crippen molar-refractivity contribution in [1.82, 2.24) is 0 Å². The quantitative estimate of drug-likeness (QED) is 0.603. The number of terminal acetylenes is 1. The summed E-state index contributed by atoms with van der Waals surface area (Å²) in [4.78, 5) is 0. The van der Waals surface area contributed by atoms with E-state index in [1.54, 1.807) is 6.07 Å². The molecule has 1 rings (SSSR count). The van der Waals surface area contributed by atoms with Crippen LogP contribution in [-0.4, -0.2) is 6.98 Å². The zero-order valence-electron chi connectivity index (χ0n) is 9.15. The summed E-state index contributed by atoms with van der Waals surface area (Å²) in [6.45, 7) is -2.18. The molecule has 0 unspecified atom stereocenters. The molecule has 2 N–H and O–H groups in total. The zero-order chi connectivity index (χ0) is 12.5. The summed E-state index contributed by atoms with van der Waals surface area (Å²) < 4.78 is 38.7. The van der Waals surface area contributed by atoms with E-state index in [9.17, 15) is 12.9 Å². The van der Waals surface area contributed by atoms with Crippen LogP contribution in [0.15, 0.2) is 6.07 Å². The lowest BCUT2D eigenvalue weighted by Crippen LogP contribution is -2.39. The molecule has 5 heteroatoms. The molecule has 0 atom stereocenters. The summed E-state index contributed by atoms with van der Waals surface area (Å²) in [6, 6.07) is 1.55. The largest absolute Gasteiger partial charge is 0.510 e. The molecule has 0 aliphatic heterocycles. The van der Waals surface area contributed by atoms with E-state index < -0.39 is 12.4 Å². The SMILES string of the molecule is C#Cc1cc(CN)c(C)c([B-](F)(F)F)c1C. The van der Waals surface area contributed by atoms with E-state index in [0.29, 0.717) is 5.56 Å². The Morgan fingerprint density at radius 3 is 2.25 bits per heavy atom. The van der Waals surface area contributed by atoms with Crippen molar-refractivity contribution in [2.45, 2.75) is 20.4 Å². The summed E-state index contributed by atoms with van der Waals surface area (Å²) in [5.41, 5.74) is 5.82. The molecular weight excluding hydrogens is 214 g/mol. The molecule has 0 saturated heterocycles. The molecule has 0 aromatic heterocycles. The van der Waals surface area contributed by atoms with Gasteiger partial charge in [0.1, 0.15) is 0 Å². The van der Waals surface area contributed by atoms with Gasteiger partial charge in [0.2, 0.25) is 0 Å². The predicted octanol–water partition coefficient (Wildman–Crippen LogP) is 1.80. The first-order valence-corrected chi connectivity index (χ1v) is 4.82. The van der Waals surface area contributed by atoms with Gasteiger partial charge in [0.15, 0.2) is 0 Å². The van der Waals surface area contributed by atoms with Gasteiger partial charge in [0.25, 0.3) is 0 Å². The highest BCUT2D eigenvalue weighted by atomic mass is 19.4. The minimum absolute atomic E-state index is 0.0555. The van der Waals surface area contributed by atoms with Gasteiger partial charge in [-0.3, -0.25) is 0 Å². The molecule has 0 heterocycles. The van der Waals surface area contributed by atoms with Crippen LogP contribution in [0.1, 0.15) is 22.3 Å². The molecule has 0 amide bonds. The number of halogens is 3. The van der Waals surface area contributed by atoms with Crippen LogP contribution in [0.2, 0.25) is 0 Å². The normalized spacial score (nSPS) is 11.3. The van der Waals surface area contributed by atoms with Gasteiger partial charge in [0, 0.05) is 12.1 Å². The van der Waals surface area contributed by atoms with Crippen molar-refractivity contribution in [3.8, 4) is 12.3 Å². The molecule has 0 spiro atoms. The van der Waals surface area contributed by atoms with Gasteiger partial charge < -0.3 is 18.7 Å². The third-order valence-corrected chi connectivity index (χ3v) is 2.72. The summed E-state index contributed by atoms with van der Waals surface area (Å²) in [5.74, 6) is 2.26. The van der Waals surface area contributed by atoms with Crippen molar-refractivity contribution in [2.75, 3.05) is 0 Å². The molecule has 0 fully saturated rings. The Labute approximate surface area is 92.9 Å². The second-order valence-corrected chi connectivity index (χ2v) is 3.67. The molecule has 86 valence electrons. The molecule has 0 aliphatic rings. The minimum atomic E-state index is -5.06. The van der Waals surface area contributed by atoms with E-state index in [1.807, 2.05) is 0 Å². The van der Waals surface area contributed by atoms with E-state index in [-0.39, 0.29) is 23.2 Å². The number of hydrogen-bond acceptors (Lipinski definition) is 1. The highest BCUT2D eigenvalue weighted by molar-refractivity contribution is 6.74. The molecule has 1 nitrogen and oxygen atoms in total. The number of nitrogens with two attached hydrogens (primary N) is 1. The lowest BCUT2D eigenvalue weighted by Gasteiger charge is -2.24. The third kappa shape index (κ3) is 2.07. The highest BCUT2D eigenvalue weighted by Gasteiger charge is 2.30. The predicted molar refractivity (Wildman–Crippen MR) is 60.5 cm³/mol. The van der Waals surface area contributed by atoms with E-state index in [0.717, 1.165) is 0 Å². The van der Waals surface area contributed by atoms with Crippen LogP contribution in [0.25, 0.3) is 0 Å². The van der Waals surface area contributed by atoms with Crippen molar-refractivity contribution in [3.63, 3.8) is 0 Å². The average molecular weight is 226 g/mol. The van der Waals surface area contributed by atoms with Gasteiger partial charge in [-0.05, 0) is 25.5 Å². The standard InChI is InChI=1S/C11H12BF3N/c1-4-9-5-10(6-16)8(3)11(7(9)2)12(13,14)15/h1,5H,6,16H2,2-3H3/q-1. The fourth-order valence-corrected chi connectivity index (χ4v) is 1.84. The topological polar surface area (TPSA) is 26.0 Å². The first-order chi connectivity index (χ1) is 7.32. The van der Waals surface area contributed by atoms with E-state index in [4.69, 9.17) is 12.2 Å². The minimum Gasteiger partial charge on any atom is -0.445 e. The van der Waals surface area contributed by atoms with Crippen LogP contribution in [0.4, 0.5) is 12.9 Å². The van der Waals surface area contributed by atoms with Gasteiger partial charge in [-0.2, -0.15) is 0 Å². The van der Waals surface area contributed by atoms with Crippen LogP contribution in [0, 0.1) is 26.2 Å². The van der Waals surface area contributed by atoms with Gasteiger partial charge >= 0.3 is 6.98 Å². The molecule has 0 saturated carbocycles. The summed E-state index contributed by atoms with van der Waals surface area (Å²) in [5, 5.41) is 0. The lowest BCUT2D eigenvalue weighted by molar-refractivity contribution is 0.500. The maximum atomic E-state index is 12.9. The average Bonchev–Trinajstić information content (AvgIpc) is 2.16. The number of rotatable bonds is 2. The van der Waals surface area contributed by atoms with Crippen LogP contribution in [0.5, 0.6) is 0 Å². The maximum Gasteiger partial charge on any atom is 0.510 e. The van der Waals surface area contributed by atoms with Crippen molar-refractivity contribution in [1.29, 1.82) is 0 Å². The number of benzene rings is 1. The molecule has 0 aliphatic carbocycles. The molecule has 0 bridgehead atoms. The first kappa shape index (κ1) is 12.7. The Morgan fingerprint density at radius 2 is 1.88 bits per heavy atom. The lowest BCUT2D eigenvalue weighted by atomic mass is 9.72. The Kier molecular flexibility index (Phi) is 3.34. The second kappa shape index (κ2) is 4.22. The Bertz CT molecular complexity index is 458. The Morgan fingerprint density at radius 1 is 1.31 bits per heavy atom. The zero-order valence-corrected chi connectivity index (χ0v) is 9.15. The molecule has 16 heavy (non-hydrogen) atoms. The van der Waals surface area contributed by atoms with Crippen LogP contribution in [-0.2, 0) is 6.54 Å². The van der Waals surface area contributed by atoms with Crippen molar-refractivity contribution in [2.24, 2.45) is 5.73 Å². The van der Waals surface area contributed by atoms with Crippen LogP contribution >= 0.6 is 0 Å². The fourth-order valence-electron chi connectivity index (χ4n) is 1.84. The van der Waals surface area contributed by atoms with Gasteiger partial charge in [-0.15, -0.1) is 11.9 Å². The Balaban J connectivity index is 3.65. The van der Waals surface area contributed by atoms with Crippen LogP contribution in [0.3, 0.4) is 0 Å². The highest BCUT2D eigenvalue weighted by Crippen LogP contribution is 2.20. The molecule has 1 aromatic rings. The van der Waals surface area contributed by atoms with E-state index in [2.05, 4.69) is 5.92 Å². The monoisotopic (exact) mass is 226 g/mol. The summed E-state index contributed by atoms with van der Waals surface area (Å²) >= 11 is 0. The van der Waals surface area contributed by atoms with E-state index >= 15 is 0 Å². The van der Waals surface area contributed by atoms with Crippen LogP contribution < -0.4 is 11.2 Å². The van der Waals surface area contributed by atoms with Crippen molar-refractivity contribution >= 4 is 12.4 Å². The molecule has 0 radical (unpaired) electrons. The number of hydrogen-bond donors (Lipinski definition) is 1. The molecular formula is C11H12BF3N-. The van der Waals surface area contributed by atoms with Gasteiger partial charge in [-0.1, -0.05) is 17.0 Å². The summed E-state index contributed by atoms with van der Waals surface area (Å²) in [6.07, 6.45) is 5.19. The second-order valence-electron chi connectivity index (χ2n) is 3.67. The van der Waals surface area contributed by atoms with Crippen molar-refractivity contribution in [3.05, 3.63) is 28.3 Å². The first-order valence-electron chi connectivity index (χ1n) is 4.82. The Hall–Kier alpha value is -1.41. The maximum absolute atomic E-state index is 12.9. The molecule has 1 aromatic carbocycles. The fraction of sp³-hybridized carbons (Fsp3) is 0.273. The smallest absolute Gasteiger partial charge is 0.445 e. The van der Waals surface area contributed by atoms with E-state index in [1.165, 1.54) is 13.8 Å². The van der Waals surface area contributed by atoms with Gasteiger partial charge in [-0.25, -0.2) is 0 Å². The summed E-state index contributed by atoms with van der Waals surface area (Å²) in [7, 11) is 0. The van der Waals surface area contributed by atoms with Crippen molar-refractivity contribution < 1.29 is 12.9 Å². The van der Waals surface area contributed by atoms with Gasteiger partial charge in [0.05, 0.1) is 0 Å².